The summed E-state index contributed by atoms with van der Waals surface area (Å²) < 4.78 is 0. The molecule has 0 saturated carbocycles. The van der Waals surface area contributed by atoms with E-state index in [4.69, 9.17) is 0 Å². The summed E-state index contributed by atoms with van der Waals surface area (Å²) in [6.07, 6.45) is 2.07. The molecule has 2 rings (SSSR count). The number of aromatic nitrogens is 1. The van der Waals surface area contributed by atoms with E-state index in [-0.39, 0.29) is 42.7 Å². The number of nitrogens with one attached hydrogen (secondary N) is 2. The van der Waals surface area contributed by atoms with E-state index in [1.54, 1.807) is 11.3 Å². The molecule has 1 aromatic heterocycles. The van der Waals surface area contributed by atoms with Gasteiger partial charge in [0.1, 0.15) is 5.01 Å². The minimum atomic E-state index is 0. The van der Waals surface area contributed by atoms with E-state index in [0.29, 0.717) is 0 Å². The molecule has 0 spiro atoms. The van der Waals surface area contributed by atoms with E-state index in [0.717, 1.165) is 36.6 Å². The third kappa shape index (κ3) is 5.26. The Morgan fingerprint density at radius 1 is 1.58 bits per heavy atom. The maximum absolute atomic E-state index is 12.0. The van der Waals surface area contributed by atoms with Crippen molar-refractivity contribution in [1.82, 2.24) is 15.6 Å². The number of aryl methyl sites for hydroxylation is 1. The molecule has 1 fully saturated rings. The Balaban J connectivity index is 0.00000162. The zero-order chi connectivity index (χ0) is 12.3. The van der Waals surface area contributed by atoms with Crippen LogP contribution in [0, 0.1) is 12.8 Å². The van der Waals surface area contributed by atoms with Gasteiger partial charge >= 0.3 is 0 Å². The fraction of sp³-hybridized carbons (Fsp3) is 0.667. The summed E-state index contributed by atoms with van der Waals surface area (Å²) in [5.74, 6) is 0.268. The first kappa shape index (κ1) is 18.6. The monoisotopic (exact) mass is 325 g/mol. The average molecular weight is 326 g/mol. The van der Waals surface area contributed by atoms with Gasteiger partial charge in [0, 0.05) is 17.6 Å². The van der Waals surface area contributed by atoms with E-state index >= 15 is 0 Å². The molecule has 0 radical (unpaired) electrons. The van der Waals surface area contributed by atoms with Crippen molar-refractivity contribution >= 4 is 42.1 Å². The highest BCUT2D eigenvalue weighted by atomic mass is 35.5. The van der Waals surface area contributed by atoms with Gasteiger partial charge in [-0.25, -0.2) is 4.98 Å². The summed E-state index contributed by atoms with van der Waals surface area (Å²) in [4.78, 5) is 16.4. The molecule has 2 N–H and O–H groups in total. The zero-order valence-corrected chi connectivity index (χ0v) is 13.6. The predicted octanol–water partition coefficient (Wildman–Crippen LogP) is 2.47. The first-order valence-corrected chi connectivity index (χ1v) is 6.98. The van der Waals surface area contributed by atoms with Gasteiger partial charge in [0.05, 0.1) is 12.0 Å². The van der Waals surface area contributed by atoms with Gasteiger partial charge < -0.3 is 10.6 Å². The average Bonchev–Trinajstić information content (AvgIpc) is 2.77. The maximum Gasteiger partial charge on any atom is 0.224 e. The van der Waals surface area contributed by atoms with Crippen LogP contribution in [0.3, 0.4) is 0 Å². The number of thiazole rings is 1. The number of hydrogen-bond donors (Lipinski definition) is 2. The fourth-order valence-corrected chi connectivity index (χ4v) is 2.84. The molecule has 0 aromatic carbocycles. The molecule has 1 saturated heterocycles. The zero-order valence-electron chi connectivity index (χ0n) is 11.1. The molecule has 2 atom stereocenters. The van der Waals surface area contributed by atoms with Crippen molar-refractivity contribution in [3.63, 3.8) is 0 Å². The lowest BCUT2D eigenvalue weighted by atomic mass is 9.98. The Hall–Kier alpha value is -0.360. The number of hydrogen-bond acceptors (Lipinski definition) is 4. The van der Waals surface area contributed by atoms with Crippen molar-refractivity contribution in [2.45, 2.75) is 32.7 Å². The normalized spacial score (nSPS) is 19.8. The van der Waals surface area contributed by atoms with Crippen molar-refractivity contribution in [1.29, 1.82) is 0 Å². The molecule has 7 heteroatoms. The summed E-state index contributed by atoms with van der Waals surface area (Å²) in [5.41, 5.74) is 1.02. The number of piperidine rings is 1. The maximum atomic E-state index is 12.0. The van der Waals surface area contributed by atoms with Gasteiger partial charge in [-0.2, -0.15) is 0 Å². The number of amides is 1. The van der Waals surface area contributed by atoms with Gasteiger partial charge in [-0.15, -0.1) is 36.2 Å². The molecule has 2 heterocycles. The Morgan fingerprint density at radius 2 is 2.32 bits per heavy atom. The van der Waals surface area contributed by atoms with Crippen LogP contribution in [-0.4, -0.2) is 24.0 Å². The topological polar surface area (TPSA) is 54.0 Å². The van der Waals surface area contributed by atoms with Crippen molar-refractivity contribution in [3.05, 3.63) is 16.1 Å². The molecule has 0 aliphatic carbocycles. The quantitative estimate of drug-likeness (QED) is 0.897. The largest absolute Gasteiger partial charge is 0.347 e. The Bertz CT molecular complexity index is 394. The van der Waals surface area contributed by atoms with Gasteiger partial charge in [-0.05, 0) is 33.2 Å². The highest BCUT2D eigenvalue weighted by Crippen LogP contribution is 2.19. The van der Waals surface area contributed by atoms with Crippen molar-refractivity contribution < 1.29 is 4.79 Å². The molecule has 1 amide bonds. The minimum Gasteiger partial charge on any atom is -0.347 e. The Morgan fingerprint density at radius 3 is 2.84 bits per heavy atom. The van der Waals surface area contributed by atoms with E-state index in [9.17, 15) is 4.79 Å². The Labute approximate surface area is 130 Å². The first-order chi connectivity index (χ1) is 8.16. The highest BCUT2D eigenvalue weighted by molar-refractivity contribution is 7.09. The molecule has 110 valence electrons. The van der Waals surface area contributed by atoms with Crippen LogP contribution in [0.1, 0.15) is 36.5 Å². The van der Waals surface area contributed by atoms with Crippen LogP contribution < -0.4 is 10.6 Å². The van der Waals surface area contributed by atoms with Crippen molar-refractivity contribution in [2.75, 3.05) is 13.1 Å². The van der Waals surface area contributed by atoms with Crippen molar-refractivity contribution in [3.8, 4) is 0 Å². The van der Waals surface area contributed by atoms with E-state index in [2.05, 4.69) is 15.6 Å². The molecule has 2 unspecified atom stereocenters. The summed E-state index contributed by atoms with van der Waals surface area (Å²) >= 11 is 1.60. The second-order valence-corrected chi connectivity index (χ2v) is 5.49. The molecule has 1 aliphatic rings. The van der Waals surface area contributed by atoms with Crippen LogP contribution in [0.4, 0.5) is 0 Å². The standard InChI is InChI=1S/C12H19N3OS.2ClH/c1-8-7-17-12(14-8)9(2)15-11(16)10-4-3-5-13-6-10;;/h7,9-10,13H,3-6H2,1-2H3,(H,15,16);2*1H. The van der Waals surface area contributed by atoms with Gasteiger partial charge in [0.25, 0.3) is 0 Å². The SMILES string of the molecule is Cc1csc(C(C)NC(=O)C2CCCNC2)n1.Cl.Cl. The van der Waals surface area contributed by atoms with Crippen LogP contribution in [0.5, 0.6) is 0 Å². The van der Waals surface area contributed by atoms with Crippen LogP contribution in [0.2, 0.25) is 0 Å². The van der Waals surface area contributed by atoms with Gasteiger partial charge in [0.15, 0.2) is 0 Å². The third-order valence-corrected chi connectivity index (χ3v) is 4.18. The van der Waals surface area contributed by atoms with Gasteiger partial charge in [-0.1, -0.05) is 0 Å². The van der Waals surface area contributed by atoms with Gasteiger partial charge in [0.2, 0.25) is 5.91 Å². The van der Waals surface area contributed by atoms with Crippen LogP contribution in [-0.2, 0) is 4.79 Å². The second kappa shape index (κ2) is 8.74. The smallest absolute Gasteiger partial charge is 0.224 e. The Kier molecular flexibility index (Phi) is 8.57. The number of rotatable bonds is 3. The number of carbonyl (C=O) groups excluding carboxylic acids is 1. The van der Waals surface area contributed by atoms with Gasteiger partial charge in [-0.3, -0.25) is 4.79 Å². The lowest BCUT2D eigenvalue weighted by Gasteiger charge is -2.23. The molecule has 1 aliphatic heterocycles. The minimum absolute atomic E-state index is 0. The summed E-state index contributed by atoms with van der Waals surface area (Å²) in [6, 6.07) is 0.0168. The van der Waals surface area contributed by atoms with E-state index in [1.807, 2.05) is 19.2 Å². The lowest BCUT2D eigenvalue weighted by Crippen LogP contribution is -2.41. The summed E-state index contributed by atoms with van der Waals surface area (Å²) in [7, 11) is 0. The second-order valence-electron chi connectivity index (χ2n) is 4.60. The summed E-state index contributed by atoms with van der Waals surface area (Å²) in [6.45, 7) is 5.80. The molecular formula is C12H21Cl2N3OS. The van der Waals surface area contributed by atoms with E-state index < -0.39 is 0 Å². The van der Waals surface area contributed by atoms with Crippen LogP contribution in [0.15, 0.2) is 5.38 Å². The number of halogens is 2. The van der Waals surface area contributed by atoms with Crippen LogP contribution >= 0.6 is 36.2 Å². The summed E-state index contributed by atoms with van der Waals surface area (Å²) in [5, 5.41) is 9.31. The fourth-order valence-electron chi connectivity index (χ4n) is 2.04. The molecular weight excluding hydrogens is 305 g/mol. The molecule has 1 aromatic rings. The van der Waals surface area contributed by atoms with Crippen molar-refractivity contribution in [2.24, 2.45) is 5.92 Å². The molecule has 4 nitrogen and oxygen atoms in total. The lowest BCUT2D eigenvalue weighted by molar-refractivity contribution is -0.126. The first-order valence-electron chi connectivity index (χ1n) is 6.10. The number of nitrogens with zero attached hydrogens (tertiary/aromatic N) is 1. The van der Waals surface area contributed by atoms with Crippen LogP contribution in [0.25, 0.3) is 0 Å². The molecule has 0 bridgehead atoms. The highest BCUT2D eigenvalue weighted by Gasteiger charge is 2.23. The molecule has 19 heavy (non-hydrogen) atoms. The third-order valence-electron chi connectivity index (χ3n) is 3.03. The predicted molar refractivity (Wildman–Crippen MR) is 83.5 cm³/mol. The van der Waals surface area contributed by atoms with E-state index in [1.165, 1.54) is 0 Å². The number of carbonyl (C=O) groups is 1.